The fourth-order valence-corrected chi connectivity index (χ4v) is 1.34. The van der Waals surface area contributed by atoms with Crippen LogP contribution in [-0.2, 0) is 4.79 Å². The van der Waals surface area contributed by atoms with Gasteiger partial charge in [0.1, 0.15) is 5.82 Å². The molecular formula is C10H16N4O3. The first-order valence-electron chi connectivity index (χ1n) is 5.36. The number of H-pyrrole nitrogens is 1. The molecule has 0 aliphatic rings. The van der Waals surface area contributed by atoms with Gasteiger partial charge in [-0.3, -0.25) is 14.7 Å². The maximum atomic E-state index is 11.9. The molecule has 2 N–H and O–H groups in total. The third-order valence-corrected chi connectivity index (χ3v) is 2.37. The molecule has 0 bridgehead atoms. The van der Waals surface area contributed by atoms with E-state index in [1.165, 1.54) is 4.90 Å². The molecule has 0 spiro atoms. The summed E-state index contributed by atoms with van der Waals surface area (Å²) >= 11 is 0. The van der Waals surface area contributed by atoms with Gasteiger partial charge in [0.2, 0.25) is 5.82 Å². The van der Waals surface area contributed by atoms with E-state index in [1.54, 1.807) is 20.8 Å². The van der Waals surface area contributed by atoms with Crippen molar-refractivity contribution in [1.29, 1.82) is 0 Å². The molecule has 1 atom stereocenters. The number of aromatic nitrogens is 3. The Labute approximate surface area is 98.8 Å². The van der Waals surface area contributed by atoms with Gasteiger partial charge in [-0.1, -0.05) is 6.92 Å². The van der Waals surface area contributed by atoms with Gasteiger partial charge in [-0.2, -0.15) is 0 Å². The van der Waals surface area contributed by atoms with Crippen LogP contribution < -0.4 is 0 Å². The van der Waals surface area contributed by atoms with Gasteiger partial charge >= 0.3 is 5.97 Å². The molecule has 7 heteroatoms. The van der Waals surface area contributed by atoms with Crippen molar-refractivity contribution in [3.63, 3.8) is 0 Å². The minimum atomic E-state index is -0.928. The number of amides is 1. The van der Waals surface area contributed by atoms with Gasteiger partial charge in [-0.15, -0.1) is 5.10 Å². The Morgan fingerprint density at radius 1 is 1.53 bits per heavy atom. The number of carbonyl (C=O) groups excluding carboxylic acids is 1. The highest BCUT2D eigenvalue weighted by Crippen LogP contribution is 2.04. The number of carboxylic acid groups (broad SMARTS) is 1. The first-order valence-corrected chi connectivity index (χ1v) is 5.36. The summed E-state index contributed by atoms with van der Waals surface area (Å²) in [6.07, 6.45) is 0. The number of aryl methyl sites for hydroxylation is 1. The van der Waals surface area contributed by atoms with Crippen molar-refractivity contribution in [3.8, 4) is 0 Å². The maximum Gasteiger partial charge on any atom is 0.308 e. The number of aromatic amines is 1. The second-order valence-corrected chi connectivity index (χ2v) is 3.83. The minimum Gasteiger partial charge on any atom is -0.481 e. The van der Waals surface area contributed by atoms with Gasteiger partial charge in [-0.25, -0.2) is 4.98 Å². The molecule has 1 amide bonds. The lowest BCUT2D eigenvalue weighted by atomic mass is 10.1. The standard InChI is InChI=1S/C10H16N4O3/c1-4-14(5-6(2)10(16)17)9(15)8-11-7(3)12-13-8/h6H,4-5H2,1-3H3,(H,16,17)(H,11,12,13). The van der Waals surface area contributed by atoms with E-state index in [-0.39, 0.29) is 18.3 Å². The van der Waals surface area contributed by atoms with Crippen LogP contribution in [0.2, 0.25) is 0 Å². The molecule has 0 radical (unpaired) electrons. The zero-order valence-electron chi connectivity index (χ0n) is 10.1. The normalized spacial score (nSPS) is 12.2. The molecular weight excluding hydrogens is 224 g/mol. The zero-order chi connectivity index (χ0) is 13.0. The molecule has 17 heavy (non-hydrogen) atoms. The lowest BCUT2D eigenvalue weighted by Gasteiger charge is -2.21. The second-order valence-electron chi connectivity index (χ2n) is 3.83. The van der Waals surface area contributed by atoms with Crippen LogP contribution in [0, 0.1) is 12.8 Å². The highest BCUT2D eigenvalue weighted by molar-refractivity contribution is 5.90. The molecule has 0 saturated heterocycles. The summed E-state index contributed by atoms with van der Waals surface area (Å²) in [5, 5.41) is 15.1. The number of nitrogens with zero attached hydrogens (tertiary/aromatic N) is 3. The van der Waals surface area contributed by atoms with Gasteiger partial charge in [-0.05, 0) is 13.8 Å². The largest absolute Gasteiger partial charge is 0.481 e. The van der Waals surface area contributed by atoms with Gasteiger partial charge < -0.3 is 10.0 Å². The summed E-state index contributed by atoms with van der Waals surface area (Å²) in [4.78, 5) is 28.0. The Kier molecular flexibility index (Phi) is 4.19. The quantitative estimate of drug-likeness (QED) is 0.771. The topological polar surface area (TPSA) is 99.2 Å². The summed E-state index contributed by atoms with van der Waals surface area (Å²) in [6, 6.07) is 0. The summed E-state index contributed by atoms with van der Waals surface area (Å²) in [5.74, 6) is -1.27. The predicted octanol–water partition coefficient (Wildman–Crippen LogP) is 0.296. The first-order chi connectivity index (χ1) is 7.95. The van der Waals surface area contributed by atoms with Crippen LogP contribution in [-0.4, -0.2) is 50.2 Å². The van der Waals surface area contributed by atoms with Gasteiger partial charge in [0.25, 0.3) is 5.91 Å². The van der Waals surface area contributed by atoms with Crippen molar-refractivity contribution in [2.45, 2.75) is 20.8 Å². The Morgan fingerprint density at radius 2 is 2.18 bits per heavy atom. The van der Waals surface area contributed by atoms with E-state index < -0.39 is 11.9 Å². The second kappa shape index (κ2) is 5.42. The van der Waals surface area contributed by atoms with E-state index in [2.05, 4.69) is 15.2 Å². The Morgan fingerprint density at radius 3 is 2.59 bits per heavy atom. The first kappa shape index (κ1) is 13.1. The van der Waals surface area contributed by atoms with Crippen LogP contribution in [0.25, 0.3) is 0 Å². The van der Waals surface area contributed by atoms with Crippen molar-refractivity contribution in [1.82, 2.24) is 20.1 Å². The van der Waals surface area contributed by atoms with E-state index >= 15 is 0 Å². The Hall–Kier alpha value is -1.92. The highest BCUT2D eigenvalue weighted by atomic mass is 16.4. The number of nitrogens with one attached hydrogen (secondary N) is 1. The summed E-state index contributed by atoms with van der Waals surface area (Å²) in [5.41, 5.74) is 0. The van der Waals surface area contributed by atoms with Crippen LogP contribution in [0.4, 0.5) is 0 Å². The molecule has 1 rings (SSSR count). The predicted molar refractivity (Wildman–Crippen MR) is 59.5 cm³/mol. The average molecular weight is 240 g/mol. The van der Waals surface area contributed by atoms with E-state index in [1.807, 2.05) is 0 Å². The lowest BCUT2D eigenvalue weighted by Crippen LogP contribution is -2.37. The summed E-state index contributed by atoms with van der Waals surface area (Å²) in [7, 11) is 0. The average Bonchev–Trinajstić information content (AvgIpc) is 2.71. The smallest absolute Gasteiger partial charge is 0.308 e. The number of carbonyl (C=O) groups is 2. The van der Waals surface area contributed by atoms with Crippen LogP contribution >= 0.6 is 0 Å². The van der Waals surface area contributed by atoms with Crippen molar-refractivity contribution in [3.05, 3.63) is 11.6 Å². The summed E-state index contributed by atoms with van der Waals surface area (Å²) < 4.78 is 0. The number of hydrogen-bond donors (Lipinski definition) is 2. The van der Waals surface area contributed by atoms with Gasteiger partial charge in [0, 0.05) is 13.1 Å². The maximum absolute atomic E-state index is 11.9. The molecule has 7 nitrogen and oxygen atoms in total. The fourth-order valence-electron chi connectivity index (χ4n) is 1.34. The van der Waals surface area contributed by atoms with Crippen molar-refractivity contribution in [2.24, 2.45) is 5.92 Å². The number of aliphatic carboxylic acids is 1. The molecule has 1 unspecified atom stereocenters. The van der Waals surface area contributed by atoms with Crippen molar-refractivity contribution >= 4 is 11.9 Å². The van der Waals surface area contributed by atoms with Crippen LogP contribution in [0.3, 0.4) is 0 Å². The summed E-state index contributed by atoms with van der Waals surface area (Å²) in [6.45, 7) is 5.61. The zero-order valence-corrected chi connectivity index (χ0v) is 10.1. The molecule has 0 fully saturated rings. The Bertz CT molecular complexity index is 415. The minimum absolute atomic E-state index is 0.0712. The molecule has 0 aromatic carbocycles. The van der Waals surface area contributed by atoms with E-state index in [4.69, 9.17) is 5.11 Å². The Balaban J connectivity index is 2.74. The van der Waals surface area contributed by atoms with Gasteiger partial charge in [0.05, 0.1) is 5.92 Å². The lowest BCUT2D eigenvalue weighted by molar-refractivity contribution is -0.141. The fraction of sp³-hybridized carbons (Fsp3) is 0.600. The molecule has 94 valence electrons. The molecule has 1 heterocycles. The number of carboxylic acids is 1. The van der Waals surface area contributed by atoms with Crippen molar-refractivity contribution in [2.75, 3.05) is 13.1 Å². The molecule has 0 aliphatic heterocycles. The third-order valence-electron chi connectivity index (χ3n) is 2.37. The third kappa shape index (κ3) is 3.27. The highest BCUT2D eigenvalue weighted by Gasteiger charge is 2.22. The monoisotopic (exact) mass is 240 g/mol. The van der Waals surface area contributed by atoms with Crippen LogP contribution in [0.1, 0.15) is 30.3 Å². The van der Waals surface area contributed by atoms with Crippen LogP contribution in [0.5, 0.6) is 0 Å². The van der Waals surface area contributed by atoms with Crippen molar-refractivity contribution < 1.29 is 14.7 Å². The SMILES string of the molecule is CCN(CC(C)C(=O)O)C(=O)c1n[nH]c(C)n1. The molecule has 1 aromatic rings. The van der Waals surface area contributed by atoms with E-state index in [9.17, 15) is 9.59 Å². The molecule has 0 saturated carbocycles. The van der Waals surface area contributed by atoms with E-state index in [0.29, 0.717) is 12.4 Å². The molecule has 1 aromatic heterocycles. The van der Waals surface area contributed by atoms with Crippen LogP contribution in [0.15, 0.2) is 0 Å². The van der Waals surface area contributed by atoms with E-state index in [0.717, 1.165) is 0 Å². The molecule has 0 aliphatic carbocycles. The van der Waals surface area contributed by atoms with Gasteiger partial charge in [0.15, 0.2) is 0 Å². The number of hydrogen-bond acceptors (Lipinski definition) is 4. The number of rotatable bonds is 5.